The highest BCUT2D eigenvalue weighted by Crippen LogP contribution is 2.25. The molecule has 0 aromatic heterocycles. The van der Waals surface area contributed by atoms with Gasteiger partial charge in [-0.15, -0.1) is 11.6 Å². The summed E-state index contributed by atoms with van der Waals surface area (Å²) in [6, 6.07) is 7.42. The normalized spacial score (nSPS) is 9.94. The van der Waals surface area contributed by atoms with E-state index in [1.807, 2.05) is 24.3 Å². The van der Waals surface area contributed by atoms with Gasteiger partial charge in [0.05, 0.1) is 13.7 Å². The van der Waals surface area contributed by atoms with Crippen LogP contribution in [0.3, 0.4) is 0 Å². The van der Waals surface area contributed by atoms with Gasteiger partial charge in [0.1, 0.15) is 6.61 Å². The van der Waals surface area contributed by atoms with Crippen LogP contribution < -0.4 is 9.47 Å². The second-order valence-electron chi connectivity index (χ2n) is 3.75. The lowest BCUT2D eigenvalue weighted by Crippen LogP contribution is -2.30. The number of likely N-dealkylation sites (N-methyl/N-ethyl adjacent to an activating group) is 1. The zero-order valence-electron chi connectivity index (χ0n) is 10.7. The van der Waals surface area contributed by atoms with Crippen molar-refractivity contribution in [3.05, 3.63) is 24.3 Å². The van der Waals surface area contributed by atoms with Gasteiger partial charge in [0.25, 0.3) is 0 Å². The molecule has 1 amide bonds. The van der Waals surface area contributed by atoms with Gasteiger partial charge in [-0.05, 0) is 12.1 Å². The standard InChI is InChI=1S/C13H18ClNO3/c1-15(13(16)7-8-14)9-10-18-12-6-4-3-5-11(12)17-2/h3-6H,7-10H2,1-2H3. The molecule has 0 unspecified atom stereocenters. The predicted octanol–water partition coefficient (Wildman–Crippen LogP) is 2.16. The molecule has 5 heteroatoms. The molecule has 1 aromatic rings. The largest absolute Gasteiger partial charge is 0.493 e. The van der Waals surface area contributed by atoms with Crippen LogP contribution in [-0.2, 0) is 4.79 Å². The van der Waals surface area contributed by atoms with Gasteiger partial charge in [0.15, 0.2) is 11.5 Å². The van der Waals surface area contributed by atoms with Crippen molar-refractivity contribution in [2.45, 2.75) is 6.42 Å². The molecule has 100 valence electrons. The Labute approximate surface area is 112 Å². The van der Waals surface area contributed by atoms with Gasteiger partial charge in [0.2, 0.25) is 5.91 Å². The van der Waals surface area contributed by atoms with Crippen LogP contribution in [0.4, 0.5) is 0 Å². The van der Waals surface area contributed by atoms with E-state index in [1.54, 1.807) is 19.1 Å². The molecule has 0 radical (unpaired) electrons. The van der Waals surface area contributed by atoms with E-state index in [0.717, 1.165) is 0 Å². The first-order valence-electron chi connectivity index (χ1n) is 5.74. The third kappa shape index (κ3) is 4.45. The summed E-state index contributed by atoms with van der Waals surface area (Å²) in [5, 5.41) is 0. The van der Waals surface area contributed by atoms with Gasteiger partial charge in [0, 0.05) is 19.3 Å². The Kier molecular flexibility index (Phi) is 6.36. The van der Waals surface area contributed by atoms with Crippen LogP contribution in [-0.4, -0.2) is 44.0 Å². The van der Waals surface area contributed by atoms with E-state index in [0.29, 0.717) is 37.0 Å². The van der Waals surface area contributed by atoms with Gasteiger partial charge >= 0.3 is 0 Å². The van der Waals surface area contributed by atoms with Crippen LogP contribution in [0.1, 0.15) is 6.42 Å². The molecule has 1 aromatic carbocycles. The molecule has 0 aliphatic rings. The number of rotatable bonds is 7. The lowest BCUT2D eigenvalue weighted by molar-refractivity contribution is -0.129. The lowest BCUT2D eigenvalue weighted by atomic mass is 10.3. The summed E-state index contributed by atoms with van der Waals surface area (Å²) in [6.07, 6.45) is 0.354. The van der Waals surface area contributed by atoms with Crippen molar-refractivity contribution < 1.29 is 14.3 Å². The molecule has 0 N–H and O–H groups in total. The molecule has 0 saturated heterocycles. The molecule has 4 nitrogen and oxygen atoms in total. The van der Waals surface area contributed by atoms with Crippen molar-refractivity contribution in [3.8, 4) is 11.5 Å². The molecular weight excluding hydrogens is 254 g/mol. The van der Waals surface area contributed by atoms with Crippen LogP contribution >= 0.6 is 11.6 Å². The maximum absolute atomic E-state index is 11.5. The first kappa shape index (κ1) is 14.6. The summed E-state index contributed by atoms with van der Waals surface area (Å²) in [4.78, 5) is 13.1. The minimum atomic E-state index is 0.0219. The number of hydrogen-bond acceptors (Lipinski definition) is 3. The van der Waals surface area contributed by atoms with Crippen molar-refractivity contribution in [1.82, 2.24) is 4.90 Å². The SMILES string of the molecule is COc1ccccc1OCCN(C)C(=O)CCCl. The number of halogens is 1. The van der Waals surface area contributed by atoms with Crippen molar-refractivity contribution in [1.29, 1.82) is 0 Å². The average Bonchev–Trinajstić information content (AvgIpc) is 2.39. The fourth-order valence-electron chi connectivity index (χ4n) is 1.43. The number of hydrogen-bond donors (Lipinski definition) is 0. The van der Waals surface area contributed by atoms with E-state index in [1.165, 1.54) is 0 Å². The number of nitrogens with zero attached hydrogens (tertiary/aromatic N) is 1. The topological polar surface area (TPSA) is 38.8 Å². The average molecular weight is 272 g/mol. The number of alkyl halides is 1. The van der Waals surface area contributed by atoms with Crippen LogP contribution in [0.15, 0.2) is 24.3 Å². The minimum Gasteiger partial charge on any atom is -0.493 e. The Hall–Kier alpha value is -1.42. The molecule has 0 spiro atoms. The van der Waals surface area contributed by atoms with E-state index in [2.05, 4.69) is 0 Å². The molecule has 0 heterocycles. The van der Waals surface area contributed by atoms with Crippen LogP contribution in [0.2, 0.25) is 0 Å². The predicted molar refractivity (Wildman–Crippen MR) is 71.5 cm³/mol. The van der Waals surface area contributed by atoms with Crippen molar-refractivity contribution >= 4 is 17.5 Å². The summed E-state index contributed by atoms with van der Waals surface area (Å²) in [6.45, 7) is 0.943. The van der Waals surface area contributed by atoms with Crippen molar-refractivity contribution in [2.24, 2.45) is 0 Å². The van der Waals surface area contributed by atoms with E-state index < -0.39 is 0 Å². The quantitative estimate of drug-likeness (QED) is 0.714. The number of carbonyl (C=O) groups excluding carboxylic acids is 1. The highest BCUT2D eigenvalue weighted by Gasteiger charge is 2.08. The van der Waals surface area contributed by atoms with Gasteiger partial charge < -0.3 is 14.4 Å². The molecule has 18 heavy (non-hydrogen) atoms. The highest BCUT2D eigenvalue weighted by molar-refractivity contribution is 6.18. The summed E-state index contributed by atoms with van der Waals surface area (Å²) in [7, 11) is 3.33. The monoisotopic (exact) mass is 271 g/mol. The summed E-state index contributed by atoms with van der Waals surface area (Å²) in [5.41, 5.74) is 0. The maximum Gasteiger partial charge on any atom is 0.223 e. The number of carbonyl (C=O) groups is 1. The number of benzene rings is 1. The Bertz CT molecular complexity index is 384. The summed E-state index contributed by atoms with van der Waals surface area (Å²) < 4.78 is 10.7. The Morgan fingerprint density at radius 1 is 1.33 bits per heavy atom. The molecule has 1 rings (SSSR count). The fraction of sp³-hybridized carbons (Fsp3) is 0.462. The van der Waals surface area contributed by atoms with Crippen molar-refractivity contribution in [3.63, 3.8) is 0 Å². The Morgan fingerprint density at radius 3 is 2.61 bits per heavy atom. The number of ether oxygens (including phenoxy) is 2. The van der Waals surface area contributed by atoms with Gasteiger partial charge in [-0.1, -0.05) is 12.1 Å². The maximum atomic E-state index is 11.5. The van der Waals surface area contributed by atoms with E-state index in [9.17, 15) is 4.79 Å². The fourth-order valence-corrected chi connectivity index (χ4v) is 1.59. The first-order chi connectivity index (χ1) is 8.69. The molecule has 0 aliphatic carbocycles. The second kappa shape index (κ2) is 7.82. The van der Waals surface area contributed by atoms with Crippen molar-refractivity contribution in [2.75, 3.05) is 33.2 Å². The number of amides is 1. The first-order valence-corrected chi connectivity index (χ1v) is 6.28. The van der Waals surface area contributed by atoms with Crippen LogP contribution in [0, 0.1) is 0 Å². The molecule has 0 aliphatic heterocycles. The molecule has 0 atom stereocenters. The van der Waals surface area contributed by atoms with E-state index in [-0.39, 0.29) is 5.91 Å². The summed E-state index contributed by atoms with van der Waals surface area (Å²) in [5.74, 6) is 1.73. The minimum absolute atomic E-state index is 0.0219. The molecule has 0 saturated carbocycles. The van der Waals surface area contributed by atoms with Gasteiger partial charge in [-0.3, -0.25) is 4.79 Å². The zero-order valence-corrected chi connectivity index (χ0v) is 11.4. The Balaban J connectivity index is 2.39. The number of para-hydroxylation sites is 2. The van der Waals surface area contributed by atoms with Crippen LogP contribution in [0.5, 0.6) is 11.5 Å². The third-order valence-electron chi connectivity index (χ3n) is 2.49. The smallest absolute Gasteiger partial charge is 0.223 e. The highest BCUT2D eigenvalue weighted by atomic mass is 35.5. The molecule has 0 fully saturated rings. The third-order valence-corrected chi connectivity index (χ3v) is 2.68. The van der Waals surface area contributed by atoms with Gasteiger partial charge in [-0.2, -0.15) is 0 Å². The second-order valence-corrected chi connectivity index (χ2v) is 4.13. The Morgan fingerprint density at radius 2 is 2.00 bits per heavy atom. The van der Waals surface area contributed by atoms with Crippen LogP contribution in [0.25, 0.3) is 0 Å². The lowest BCUT2D eigenvalue weighted by Gasteiger charge is -2.17. The zero-order chi connectivity index (χ0) is 13.4. The van der Waals surface area contributed by atoms with E-state index in [4.69, 9.17) is 21.1 Å². The van der Waals surface area contributed by atoms with Gasteiger partial charge in [-0.25, -0.2) is 0 Å². The number of methoxy groups -OCH3 is 1. The molecular formula is C13H18ClNO3. The molecule has 0 bridgehead atoms. The summed E-state index contributed by atoms with van der Waals surface area (Å²) >= 11 is 5.51. The van der Waals surface area contributed by atoms with E-state index >= 15 is 0 Å².